The number of hydrogen-bond donors (Lipinski definition) is 2. The van der Waals surface area contributed by atoms with Crippen LogP contribution in [0.4, 0.5) is 13.2 Å². The zero-order chi connectivity index (χ0) is 19.3. The maximum Gasteiger partial charge on any atom is 0.416 e. The third-order valence-corrected chi connectivity index (χ3v) is 4.13. The van der Waals surface area contributed by atoms with Crippen molar-refractivity contribution in [2.45, 2.75) is 12.6 Å². The summed E-state index contributed by atoms with van der Waals surface area (Å²) in [4.78, 5) is 12.3. The van der Waals surface area contributed by atoms with Crippen LogP contribution in [0.3, 0.4) is 0 Å². The zero-order valence-electron chi connectivity index (χ0n) is 14.5. The van der Waals surface area contributed by atoms with Crippen LogP contribution in [0.25, 0.3) is 0 Å². The summed E-state index contributed by atoms with van der Waals surface area (Å²) in [5.74, 6) is 0.0919. The second kappa shape index (κ2) is 8.26. The summed E-state index contributed by atoms with van der Waals surface area (Å²) in [6.07, 6.45) is -1.50. The van der Waals surface area contributed by atoms with Crippen LogP contribution in [-0.2, 0) is 6.18 Å². The Bertz CT molecular complexity index is 847. The van der Waals surface area contributed by atoms with Gasteiger partial charge in [-0.3, -0.25) is 4.79 Å². The minimum absolute atomic E-state index is 0.0576. The second-order valence-corrected chi connectivity index (χ2v) is 6.15. The molecule has 1 aliphatic rings. The lowest BCUT2D eigenvalue weighted by Gasteiger charge is -2.15. The van der Waals surface area contributed by atoms with Gasteiger partial charge in [-0.05, 0) is 49.4 Å². The molecular formula is C20H19F3N2O2. The summed E-state index contributed by atoms with van der Waals surface area (Å²) in [6.45, 7) is 2.16. The van der Waals surface area contributed by atoms with Gasteiger partial charge >= 0.3 is 6.18 Å². The molecule has 0 unspecified atom stereocenters. The number of nitrogens with one attached hydrogen (secondary N) is 2. The minimum atomic E-state index is -4.44. The summed E-state index contributed by atoms with van der Waals surface area (Å²) < 4.78 is 43.9. The zero-order valence-corrected chi connectivity index (χ0v) is 14.5. The van der Waals surface area contributed by atoms with E-state index in [-0.39, 0.29) is 11.7 Å². The largest absolute Gasteiger partial charge is 0.457 e. The number of ether oxygens (including phenoxy) is 1. The van der Waals surface area contributed by atoms with Gasteiger partial charge in [0.05, 0.1) is 5.56 Å². The molecule has 0 aliphatic carbocycles. The highest BCUT2D eigenvalue weighted by Crippen LogP contribution is 2.32. The van der Waals surface area contributed by atoms with Crippen molar-refractivity contribution >= 4 is 5.91 Å². The van der Waals surface area contributed by atoms with Gasteiger partial charge in [0.1, 0.15) is 11.5 Å². The molecule has 2 N–H and O–H groups in total. The first kappa shape index (κ1) is 19.0. The molecule has 27 heavy (non-hydrogen) atoms. The van der Waals surface area contributed by atoms with Crippen LogP contribution < -0.4 is 15.4 Å². The van der Waals surface area contributed by atoms with Crippen LogP contribution in [0.5, 0.6) is 11.5 Å². The molecule has 0 aromatic heterocycles. The fraction of sp³-hybridized carbons (Fsp3) is 0.250. The van der Waals surface area contributed by atoms with Crippen LogP contribution in [0.2, 0.25) is 0 Å². The number of benzene rings is 2. The normalized spacial score (nSPS) is 14.4. The van der Waals surface area contributed by atoms with E-state index in [1.165, 1.54) is 23.8 Å². The molecule has 3 rings (SSSR count). The van der Waals surface area contributed by atoms with Crippen LogP contribution >= 0.6 is 0 Å². The summed E-state index contributed by atoms with van der Waals surface area (Å²) in [7, 11) is 0. The molecule has 1 amide bonds. The predicted molar refractivity (Wildman–Crippen MR) is 95.9 cm³/mol. The number of halogens is 3. The number of amides is 1. The Labute approximate surface area is 155 Å². The molecule has 0 saturated carbocycles. The van der Waals surface area contributed by atoms with E-state index in [1.54, 1.807) is 18.2 Å². The molecule has 0 fully saturated rings. The van der Waals surface area contributed by atoms with E-state index in [9.17, 15) is 18.0 Å². The van der Waals surface area contributed by atoms with E-state index < -0.39 is 11.7 Å². The molecule has 0 radical (unpaired) electrons. The van der Waals surface area contributed by atoms with Gasteiger partial charge in [-0.2, -0.15) is 13.2 Å². The molecule has 142 valence electrons. The van der Waals surface area contributed by atoms with Gasteiger partial charge in [-0.15, -0.1) is 0 Å². The van der Waals surface area contributed by atoms with E-state index in [1.807, 2.05) is 0 Å². The van der Waals surface area contributed by atoms with Gasteiger partial charge in [0.2, 0.25) is 0 Å². The Morgan fingerprint density at radius 3 is 2.56 bits per heavy atom. The van der Waals surface area contributed by atoms with Crippen molar-refractivity contribution in [2.24, 2.45) is 0 Å². The average Bonchev–Trinajstić information content (AvgIpc) is 2.67. The van der Waals surface area contributed by atoms with Crippen molar-refractivity contribution in [1.29, 1.82) is 0 Å². The van der Waals surface area contributed by atoms with E-state index in [0.717, 1.165) is 31.6 Å². The third kappa shape index (κ3) is 5.34. The molecule has 0 bridgehead atoms. The minimum Gasteiger partial charge on any atom is -0.457 e. The highest BCUT2D eigenvalue weighted by molar-refractivity contribution is 5.94. The van der Waals surface area contributed by atoms with Gasteiger partial charge in [0.25, 0.3) is 5.91 Å². The first-order valence-corrected chi connectivity index (χ1v) is 8.54. The summed E-state index contributed by atoms with van der Waals surface area (Å²) in [6, 6.07) is 11.0. The van der Waals surface area contributed by atoms with Crippen LogP contribution in [0, 0.1) is 0 Å². The molecule has 7 heteroatoms. The Hall–Kier alpha value is -2.80. The van der Waals surface area contributed by atoms with E-state index in [4.69, 9.17) is 4.74 Å². The van der Waals surface area contributed by atoms with Crippen molar-refractivity contribution in [3.05, 3.63) is 71.3 Å². The molecule has 4 nitrogen and oxygen atoms in total. The lowest BCUT2D eigenvalue weighted by molar-refractivity contribution is -0.137. The topological polar surface area (TPSA) is 50.4 Å². The third-order valence-electron chi connectivity index (χ3n) is 4.13. The van der Waals surface area contributed by atoms with Crippen molar-refractivity contribution in [1.82, 2.24) is 10.6 Å². The van der Waals surface area contributed by atoms with Gasteiger partial charge < -0.3 is 15.4 Å². The van der Waals surface area contributed by atoms with Crippen molar-refractivity contribution < 1.29 is 22.7 Å². The van der Waals surface area contributed by atoms with E-state index >= 15 is 0 Å². The molecule has 0 saturated heterocycles. The van der Waals surface area contributed by atoms with Gasteiger partial charge in [0.15, 0.2) is 0 Å². The smallest absolute Gasteiger partial charge is 0.416 e. The standard InChI is InChI=1S/C20H19F3N2O2/c21-20(22,23)16-4-2-6-18(12-16)27-17-5-1-3-15(11-17)19(26)25-13-14-7-9-24-10-8-14/h1-7,11-12,24H,8-10,13H2,(H,25,26). The number of carbonyl (C=O) groups is 1. The van der Waals surface area contributed by atoms with Crippen LogP contribution in [0.1, 0.15) is 22.3 Å². The monoisotopic (exact) mass is 376 g/mol. The quantitative estimate of drug-likeness (QED) is 0.771. The van der Waals surface area contributed by atoms with E-state index in [0.29, 0.717) is 17.9 Å². The Balaban J connectivity index is 1.66. The van der Waals surface area contributed by atoms with Crippen molar-refractivity contribution in [3.8, 4) is 11.5 Å². The van der Waals surface area contributed by atoms with Crippen molar-refractivity contribution in [2.75, 3.05) is 19.6 Å². The number of alkyl halides is 3. The Morgan fingerprint density at radius 2 is 1.85 bits per heavy atom. The maximum absolute atomic E-state index is 12.8. The second-order valence-electron chi connectivity index (χ2n) is 6.15. The molecule has 0 spiro atoms. The number of rotatable bonds is 5. The molecule has 1 aliphatic heterocycles. The number of hydrogen-bond acceptors (Lipinski definition) is 3. The average molecular weight is 376 g/mol. The lowest BCUT2D eigenvalue weighted by Crippen LogP contribution is -2.29. The Morgan fingerprint density at radius 1 is 1.11 bits per heavy atom. The van der Waals surface area contributed by atoms with Gasteiger partial charge in [0, 0.05) is 18.7 Å². The van der Waals surface area contributed by atoms with Crippen LogP contribution in [0.15, 0.2) is 60.2 Å². The molecule has 0 atom stereocenters. The lowest BCUT2D eigenvalue weighted by atomic mass is 10.1. The molecule has 1 heterocycles. The fourth-order valence-corrected chi connectivity index (χ4v) is 2.70. The van der Waals surface area contributed by atoms with Gasteiger partial charge in [-0.1, -0.05) is 23.8 Å². The summed E-state index contributed by atoms with van der Waals surface area (Å²) in [5.41, 5.74) is 0.761. The van der Waals surface area contributed by atoms with Crippen LogP contribution in [-0.4, -0.2) is 25.5 Å². The molecular weight excluding hydrogens is 357 g/mol. The van der Waals surface area contributed by atoms with Crippen molar-refractivity contribution in [3.63, 3.8) is 0 Å². The first-order valence-electron chi connectivity index (χ1n) is 8.54. The molecule has 2 aromatic carbocycles. The molecule has 2 aromatic rings. The van der Waals surface area contributed by atoms with E-state index in [2.05, 4.69) is 16.7 Å². The maximum atomic E-state index is 12.8. The number of carbonyl (C=O) groups excluding carboxylic acids is 1. The highest BCUT2D eigenvalue weighted by Gasteiger charge is 2.30. The fourth-order valence-electron chi connectivity index (χ4n) is 2.70. The SMILES string of the molecule is O=C(NCC1=CCNCC1)c1cccc(Oc2cccc(C(F)(F)F)c2)c1. The summed E-state index contributed by atoms with van der Waals surface area (Å²) >= 11 is 0. The highest BCUT2D eigenvalue weighted by atomic mass is 19.4. The Kier molecular flexibility index (Phi) is 5.81. The predicted octanol–water partition coefficient (Wildman–Crippen LogP) is 4.15. The van der Waals surface area contributed by atoms with Gasteiger partial charge in [-0.25, -0.2) is 0 Å². The summed E-state index contributed by atoms with van der Waals surface area (Å²) in [5, 5.41) is 6.05. The first-order chi connectivity index (χ1) is 12.9.